The third kappa shape index (κ3) is 2.84. The third-order valence-electron chi connectivity index (χ3n) is 2.68. The molecular formula is C13H8BrClF2N2O2. The molecular weight excluding hydrogens is 370 g/mol. The lowest BCUT2D eigenvalue weighted by Gasteiger charge is -2.10. The van der Waals surface area contributed by atoms with Crippen LogP contribution in [-0.2, 0) is 4.74 Å². The van der Waals surface area contributed by atoms with Crippen molar-refractivity contribution in [2.45, 2.75) is 0 Å². The summed E-state index contributed by atoms with van der Waals surface area (Å²) in [6.07, 6.45) is 0. The standard InChI is InChI=1S/C13H8BrClF2N2O2/c1-21-13(20)12-9(15)7(18)4-8(19-12)5-2-3-6(14)11(17)10(5)16/h2-4H,1H3,(H2,18,19). The van der Waals surface area contributed by atoms with E-state index in [1.165, 1.54) is 18.2 Å². The van der Waals surface area contributed by atoms with E-state index in [9.17, 15) is 13.6 Å². The number of esters is 1. The van der Waals surface area contributed by atoms with Crippen LogP contribution >= 0.6 is 27.5 Å². The molecule has 8 heteroatoms. The zero-order valence-corrected chi connectivity index (χ0v) is 12.9. The molecule has 0 aliphatic heterocycles. The Balaban J connectivity index is 2.68. The topological polar surface area (TPSA) is 65.2 Å². The van der Waals surface area contributed by atoms with Crippen LogP contribution in [0.5, 0.6) is 0 Å². The van der Waals surface area contributed by atoms with Gasteiger partial charge in [-0.2, -0.15) is 0 Å². The largest absolute Gasteiger partial charge is 0.464 e. The van der Waals surface area contributed by atoms with E-state index < -0.39 is 17.6 Å². The number of nitrogens with two attached hydrogens (primary N) is 1. The molecule has 21 heavy (non-hydrogen) atoms. The van der Waals surface area contributed by atoms with Gasteiger partial charge < -0.3 is 10.5 Å². The second-order valence-electron chi connectivity index (χ2n) is 3.97. The van der Waals surface area contributed by atoms with Crippen molar-refractivity contribution in [3.8, 4) is 11.3 Å². The number of anilines is 1. The molecule has 0 bridgehead atoms. The number of hydrogen-bond donors (Lipinski definition) is 1. The number of ether oxygens (including phenoxy) is 1. The van der Waals surface area contributed by atoms with Crippen molar-refractivity contribution in [3.05, 3.63) is 45.0 Å². The molecule has 0 radical (unpaired) electrons. The summed E-state index contributed by atoms with van der Waals surface area (Å²) >= 11 is 8.73. The fraction of sp³-hybridized carbons (Fsp3) is 0.0769. The Morgan fingerprint density at radius 3 is 2.67 bits per heavy atom. The lowest BCUT2D eigenvalue weighted by Crippen LogP contribution is -2.08. The number of carbonyl (C=O) groups is 1. The second-order valence-corrected chi connectivity index (χ2v) is 5.21. The minimum absolute atomic E-state index is 0.00444. The van der Waals surface area contributed by atoms with E-state index in [1.807, 2.05) is 0 Å². The minimum Gasteiger partial charge on any atom is -0.464 e. The van der Waals surface area contributed by atoms with E-state index in [-0.39, 0.29) is 32.1 Å². The Morgan fingerprint density at radius 1 is 1.38 bits per heavy atom. The van der Waals surface area contributed by atoms with Crippen molar-refractivity contribution >= 4 is 39.2 Å². The monoisotopic (exact) mass is 376 g/mol. The molecule has 1 aromatic heterocycles. The molecule has 2 aromatic rings. The average Bonchev–Trinajstić information content (AvgIpc) is 2.47. The predicted molar refractivity (Wildman–Crippen MR) is 78.1 cm³/mol. The molecule has 0 spiro atoms. The number of halogens is 4. The molecule has 0 saturated carbocycles. The fourth-order valence-corrected chi connectivity index (χ4v) is 2.12. The van der Waals surface area contributed by atoms with Gasteiger partial charge in [0, 0.05) is 5.56 Å². The Morgan fingerprint density at radius 2 is 2.05 bits per heavy atom. The fourth-order valence-electron chi connectivity index (χ4n) is 1.64. The third-order valence-corrected chi connectivity index (χ3v) is 3.69. The van der Waals surface area contributed by atoms with Crippen LogP contribution in [0.2, 0.25) is 5.02 Å². The average molecular weight is 378 g/mol. The van der Waals surface area contributed by atoms with Crippen molar-refractivity contribution in [2.24, 2.45) is 0 Å². The highest BCUT2D eigenvalue weighted by molar-refractivity contribution is 9.10. The van der Waals surface area contributed by atoms with Crippen LogP contribution in [0.4, 0.5) is 14.5 Å². The Hall–Kier alpha value is -1.73. The summed E-state index contributed by atoms with van der Waals surface area (Å²) in [5.41, 5.74) is 5.23. The number of pyridine rings is 1. The number of benzene rings is 1. The van der Waals surface area contributed by atoms with Crippen molar-refractivity contribution in [2.75, 3.05) is 12.8 Å². The van der Waals surface area contributed by atoms with E-state index in [4.69, 9.17) is 17.3 Å². The second kappa shape index (κ2) is 5.95. The highest BCUT2D eigenvalue weighted by atomic mass is 79.9. The first-order valence-corrected chi connectivity index (χ1v) is 6.72. The normalized spacial score (nSPS) is 10.5. The van der Waals surface area contributed by atoms with Crippen molar-refractivity contribution in [1.82, 2.24) is 4.98 Å². The van der Waals surface area contributed by atoms with Crippen LogP contribution < -0.4 is 5.73 Å². The van der Waals surface area contributed by atoms with Crippen LogP contribution in [0.15, 0.2) is 22.7 Å². The number of rotatable bonds is 2. The molecule has 1 aromatic carbocycles. The van der Waals surface area contributed by atoms with Gasteiger partial charge in [-0.25, -0.2) is 18.6 Å². The van der Waals surface area contributed by atoms with E-state index >= 15 is 0 Å². The number of methoxy groups -OCH3 is 1. The zero-order valence-electron chi connectivity index (χ0n) is 10.6. The number of carbonyl (C=O) groups excluding carboxylic acids is 1. The molecule has 0 aliphatic rings. The van der Waals surface area contributed by atoms with Gasteiger partial charge in [0.2, 0.25) is 0 Å². The van der Waals surface area contributed by atoms with Crippen molar-refractivity contribution < 1.29 is 18.3 Å². The lowest BCUT2D eigenvalue weighted by molar-refractivity contribution is 0.0594. The number of aromatic nitrogens is 1. The SMILES string of the molecule is COC(=O)c1nc(-c2ccc(Br)c(F)c2F)cc(N)c1Cl. The maximum atomic E-state index is 14.0. The highest BCUT2D eigenvalue weighted by Crippen LogP contribution is 2.32. The van der Waals surface area contributed by atoms with Gasteiger partial charge in [-0.05, 0) is 34.1 Å². The summed E-state index contributed by atoms with van der Waals surface area (Å²) in [4.78, 5) is 15.5. The maximum Gasteiger partial charge on any atom is 0.358 e. The first-order chi connectivity index (χ1) is 9.86. The molecule has 0 saturated heterocycles. The molecule has 0 amide bonds. The predicted octanol–water partition coefficient (Wildman–Crippen LogP) is 3.81. The number of nitrogens with zero attached hydrogens (tertiary/aromatic N) is 1. The molecule has 1 heterocycles. The summed E-state index contributed by atoms with van der Waals surface area (Å²) in [6, 6.07) is 3.87. The van der Waals surface area contributed by atoms with Crippen molar-refractivity contribution in [1.29, 1.82) is 0 Å². The van der Waals surface area contributed by atoms with Gasteiger partial charge in [0.05, 0.1) is 28.0 Å². The zero-order chi connectivity index (χ0) is 15.7. The van der Waals surface area contributed by atoms with Gasteiger partial charge in [-0.15, -0.1) is 0 Å². The van der Waals surface area contributed by atoms with Crippen LogP contribution in [-0.4, -0.2) is 18.1 Å². The van der Waals surface area contributed by atoms with Gasteiger partial charge in [0.15, 0.2) is 17.3 Å². The van der Waals surface area contributed by atoms with Gasteiger partial charge in [0.25, 0.3) is 0 Å². The van der Waals surface area contributed by atoms with E-state index in [1.54, 1.807) is 0 Å². The van der Waals surface area contributed by atoms with Gasteiger partial charge in [-0.1, -0.05) is 11.6 Å². The first kappa shape index (κ1) is 15.7. The minimum atomic E-state index is -1.12. The Labute approximate surface area is 132 Å². The summed E-state index contributed by atoms with van der Waals surface area (Å²) in [6.45, 7) is 0. The molecule has 4 nitrogen and oxygen atoms in total. The molecule has 0 aliphatic carbocycles. The quantitative estimate of drug-likeness (QED) is 0.638. The van der Waals surface area contributed by atoms with E-state index in [0.29, 0.717) is 0 Å². The van der Waals surface area contributed by atoms with Crippen molar-refractivity contribution in [3.63, 3.8) is 0 Å². The molecule has 0 fully saturated rings. The molecule has 2 N–H and O–H groups in total. The molecule has 2 rings (SSSR count). The molecule has 0 unspecified atom stereocenters. The summed E-state index contributed by atoms with van der Waals surface area (Å²) < 4.78 is 32.0. The van der Waals surface area contributed by atoms with Gasteiger partial charge in [-0.3, -0.25) is 0 Å². The highest BCUT2D eigenvalue weighted by Gasteiger charge is 2.20. The molecule has 110 valence electrons. The van der Waals surface area contributed by atoms with E-state index in [0.717, 1.165) is 7.11 Å². The first-order valence-electron chi connectivity index (χ1n) is 5.55. The van der Waals surface area contributed by atoms with Crippen LogP contribution in [0.25, 0.3) is 11.3 Å². The lowest BCUT2D eigenvalue weighted by atomic mass is 10.1. The van der Waals surface area contributed by atoms with Gasteiger partial charge in [0.1, 0.15) is 0 Å². The number of hydrogen-bond acceptors (Lipinski definition) is 4. The molecule has 0 atom stereocenters. The summed E-state index contributed by atoms with van der Waals surface area (Å²) in [5.74, 6) is -3.01. The Bertz CT molecular complexity index is 741. The Kier molecular flexibility index (Phi) is 4.43. The van der Waals surface area contributed by atoms with Crippen LogP contribution in [0, 0.1) is 11.6 Å². The smallest absolute Gasteiger partial charge is 0.358 e. The van der Waals surface area contributed by atoms with E-state index in [2.05, 4.69) is 25.7 Å². The number of nitrogen functional groups attached to an aromatic ring is 1. The maximum absolute atomic E-state index is 14.0. The van der Waals surface area contributed by atoms with Crippen LogP contribution in [0.1, 0.15) is 10.5 Å². The summed E-state index contributed by atoms with van der Waals surface area (Å²) in [5, 5.41) is -0.108. The summed E-state index contributed by atoms with van der Waals surface area (Å²) in [7, 11) is 1.14. The van der Waals surface area contributed by atoms with Gasteiger partial charge >= 0.3 is 5.97 Å². The van der Waals surface area contributed by atoms with Crippen LogP contribution in [0.3, 0.4) is 0 Å².